The van der Waals surface area contributed by atoms with Gasteiger partial charge in [0.15, 0.2) is 0 Å². The molecule has 0 spiro atoms. The molecule has 0 saturated carbocycles. The Morgan fingerprint density at radius 3 is 1.58 bits per heavy atom. The second-order valence-corrected chi connectivity index (χ2v) is 4.76. The summed E-state index contributed by atoms with van der Waals surface area (Å²) in [7, 11) is -4.25. The molecule has 2 aromatic carbocycles. The first-order chi connectivity index (χ1) is 8.54. The monoisotopic (exact) mass is 284 g/mol. The minimum absolute atomic E-state index is 0. The Morgan fingerprint density at radius 1 is 0.895 bits per heavy atom. The molecule has 94 valence electrons. The molecular formula is C14H13NaO3S. The van der Waals surface area contributed by atoms with E-state index in [4.69, 9.17) is 0 Å². The molecule has 0 atom stereocenters. The van der Waals surface area contributed by atoms with Crippen LogP contribution < -0.4 is 29.6 Å². The molecule has 0 heterocycles. The van der Waals surface area contributed by atoms with Gasteiger partial charge >= 0.3 is 29.6 Å². The van der Waals surface area contributed by atoms with E-state index in [1.54, 1.807) is 6.07 Å². The molecule has 3 nitrogen and oxygen atoms in total. The van der Waals surface area contributed by atoms with Crippen molar-refractivity contribution in [2.24, 2.45) is 0 Å². The van der Waals surface area contributed by atoms with Gasteiger partial charge in [-0.05, 0) is 17.7 Å². The van der Waals surface area contributed by atoms with Crippen molar-refractivity contribution < 1.29 is 42.5 Å². The molecule has 0 N–H and O–H groups in total. The van der Waals surface area contributed by atoms with Crippen molar-refractivity contribution in [2.45, 2.75) is 4.90 Å². The Kier molecular flexibility index (Phi) is 8.63. The number of rotatable bonds is 2. The summed E-state index contributed by atoms with van der Waals surface area (Å²) in [5.74, 6) is 0. The number of benzene rings is 2. The van der Waals surface area contributed by atoms with E-state index in [1.165, 1.54) is 29.8 Å². The maximum absolute atomic E-state index is 10.3. The number of hydrogen-bond donors (Lipinski definition) is 0. The van der Waals surface area contributed by atoms with E-state index >= 15 is 0 Å². The molecule has 0 aliphatic carbocycles. The summed E-state index contributed by atoms with van der Waals surface area (Å²) in [4.78, 5) is -0.185. The third-order valence-electron chi connectivity index (χ3n) is 2.07. The average Bonchev–Trinajstić information content (AvgIpc) is 2.40. The summed E-state index contributed by atoms with van der Waals surface area (Å²) in [6.07, 6.45) is 1.83. The van der Waals surface area contributed by atoms with E-state index in [-0.39, 0.29) is 34.5 Å². The zero-order valence-electron chi connectivity index (χ0n) is 10.7. The Balaban J connectivity index is 0.000000331. The van der Waals surface area contributed by atoms with Crippen LogP contribution in [-0.4, -0.2) is 13.0 Å². The summed E-state index contributed by atoms with van der Waals surface area (Å²) in [6.45, 7) is 3.63. The molecule has 0 unspecified atom stereocenters. The molecule has 0 amide bonds. The summed E-state index contributed by atoms with van der Waals surface area (Å²) in [5, 5.41) is 0. The van der Waals surface area contributed by atoms with E-state index in [0.29, 0.717) is 0 Å². The van der Waals surface area contributed by atoms with Gasteiger partial charge in [0.2, 0.25) is 0 Å². The molecule has 0 aliphatic heterocycles. The van der Waals surface area contributed by atoms with Gasteiger partial charge in [0.05, 0.1) is 4.90 Å². The third-order valence-corrected chi connectivity index (χ3v) is 2.92. The Bertz CT molecular complexity index is 581. The van der Waals surface area contributed by atoms with Gasteiger partial charge < -0.3 is 4.55 Å². The minimum atomic E-state index is -4.25. The molecule has 0 aliphatic rings. The van der Waals surface area contributed by atoms with Gasteiger partial charge in [0.1, 0.15) is 10.1 Å². The summed E-state index contributed by atoms with van der Waals surface area (Å²) >= 11 is 0. The predicted molar refractivity (Wildman–Crippen MR) is 70.9 cm³/mol. The normalized spacial score (nSPS) is 9.53. The van der Waals surface area contributed by atoms with Gasteiger partial charge in [-0.25, -0.2) is 8.42 Å². The van der Waals surface area contributed by atoms with Crippen molar-refractivity contribution in [3.05, 3.63) is 72.8 Å². The fraction of sp³-hybridized carbons (Fsp3) is 0. The third kappa shape index (κ3) is 7.30. The molecule has 0 aromatic heterocycles. The van der Waals surface area contributed by atoms with Gasteiger partial charge in [-0.15, -0.1) is 0 Å². The van der Waals surface area contributed by atoms with E-state index in [1.807, 2.05) is 36.4 Å². The fourth-order valence-electron chi connectivity index (χ4n) is 1.18. The Morgan fingerprint density at radius 2 is 1.32 bits per heavy atom. The van der Waals surface area contributed by atoms with Crippen molar-refractivity contribution >= 4 is 16.2 Å². The quantitative estimate of drug-likeness (QED) is 0.573. The van der Waals surface area contributed by atoms with Crippen LogP contribution in [-0.2, 0) is 10.1 Å². The van der Waals surface area contributed by atoms with Crippen molar-refractivity contribution in [1.82, 2.24) is 0 Å². The molecule has 5 heteroatoms. The standard InChI is InChI=1S/C8H8.C6H6O3S.Na/c1-2-8-6-4-3-5-7-8;7-10(8,9)6-4-2-1-3-5-6;/h2-7H,1H2;1-5H,(H,7,8,9);/q;;+1/p-1. The van der Waals surface area contributed by atoms with Crippen LogP contribution in [0.25, 0.3) is 6.08 Å². The molecule has 0 fully saturated rings. The van der Waals surface area contributed by atoms with Crippen LogP contribution in [0.2, 0.25) is 0 Å². The van der Waals surface area contributed by atoms with Crippen LogP contribution >= 0.6 is 0 Å². The molecule has 19 heavy (non-hydrogen) atoms. The van der Waals surface area contributed by atoms with Crippen LogP contribution in [0.3, 0.4) is 0 Å². The van der Waals surface area contributed by atoms with E-state index in [9.17, 15) is 13.0 Å². The first kappa shape index (κ1) is 18.1. The fourth-order valence-corrected chi connectivity index (χ4v) is 1.67. The summed E-state index contributed by atoms with van der Waals surface area (Å²) < 4.78 is 30.8. The largest absolute Gasteiger partial charge is 1.00 e. The Labute approximate surface area is 136 Å². The van der Waals surface area contributed by atoms with Gasteiger partial charge in [0, 0.05) is 0 Å². The first-order valence-corrected chi connectivity index (χ1v) is 6.63. The van der Waals surface area contributed by atoms with Crippen molar-refractivity contribution in [1.29, 1.82) is 0 Å². The molecule has 0 bridgehead atoms. The second kappa shape index (κ2) is 9.07. The first-order valence-electron chi connectivity index (χ1n) is 5.22. The molecule has 2 aromatic rings. The van der Waals surface area contributed by atoms with Crippen molar-refractivity contribution in [3.63, 3.8) is 0 Å². The summed E-state index contributed by atoms with van der Waals surface area (Å²) in [6, 6.07) is 17.2. The molecule has 2 rings (SSSR count). The van der Waals surface area contributed by atoms with E-state index in [2.05, 4.69) is 6.58 Å². The van der Waals surface area contributed by atoms with Crippen molar-refractivity contribution in [2.75, 3.05) is 0 Å². The van der Waals surface area contributed by atoms with Gasteiger partial charge in [-0.2, -0.15) is 0 Å². The van der Waals surface area contributed by atoms with E-state index < -0.39 is 10.1 Å². The summed E-state index contributed by atoms with van der Waals surface area (Å²) in [5.41, 5.74) is 1.17. The SMILES string of the molecule is C=Cc1ccccc1.O=S(=O)([O-])c1ccccc1.[Na+]. The Hall–Kier alpha value is -0.910. The smallest absolute Gasteiger partial charge is 0.744 e. The molecule has 0 saturated heterocycles. The van der Waals surface area contributed by atoms with Crippen LogP contribution in [0.15, 0.2) is 72.1 Å². The molecular weight excluding hydrogens is 271 g/mol. The maximum atomic E-state index is 10.3. The topological polar surface area (TPSA) is 57.2 Å². The predicted octanol–water partition coefficient (Wildman–Crippen LogP) is -0.0757. The van der Waals surface area contributed by atoms with Crippen LogP contribution in [0.1, 0.15) is 5.56 Å². The van der Waals surface area contributed by atoms with Crippen LogP contribution in [0.5, 0.6) is 0 Å². The van der Waals surface area contributed by atoms with Crippen LogP contribution in [0, 0.1) is 0 Å². The number of hydrogen-bond acceptors (Lipinski definition) is 3. The van der Waals surface area contributed by atoms with Gasteiger partial charge in [-0.1, -0.05) is 61.2 Å². The second-order valence-electron chi connectivity index (χ2n) is 3.38. The van der Waals surface area contributed by atoms with Gasteiger partial charge in [-0.3, -0.25) is 0 Å². The maximum Gasteiger partial charge on any atom is 1.00 e. The minimum Gasteiger partial charge on any atom is -0.744 e. The average molecular weight is 284 g/mol. The zero-order chi connectivity index (χ0) is 13.4. The molecule has 0 radical (unpaired) electrons. The van der Waals surface area contributed by atoms with E-state index in [0.717, 1.165) is 0 Å². The van der Waals surface area contributed by atoms with Crippen LogP contribution in [0.4, 0.5) is 0 Å². The van der Waals surface area contributed by atoms with Crippen molar-refractivity contribution in [3.8, 4) is 0 Å². The van der Waals surface area contributed by atoms with Gasteiger partial charge in [0.25, 0.3) is 0 Å². The zero-order valence-corrected chi connectivity index (χ0v) is 13.5.